The molecule has 0 aliphatic rings. The summed E-state index contributed by atoms with van der Waals surface area (Å²) in [6.07, 6.45) is 0.946. The van der Waals surface area contributed by atoms with E-state index in [1.165, 1.54) is 20.3 Å². The Morgan fingerprint density at radius 1 is 1.50 bits per heavy atom. The summed E-state index contributed by atoms with van der Waals surface area (Å²) in [5.41, 5.74) is 7.59. The van der Waals surface area contributed by atoms with Crippen molar-refractivity contribution in [1.29, 1.82) is 0 Å². The minimum atomic E-state index is 0.846. The van der Waals surface area contributed by atoms with Crippen LogP contribution in [0.2, 0.25) is 0 Å². The van der Waals surface area contributed by atoms with Gasteiger partial charge in [-0.1, -0.05) is 34.2 Å². The van der Waals surface area contributed by atoms with Gasteiger partial charge in [0.1, 0.15) is 0 Å². The van der Waals surface area contributed by atoms with E-state index in [1.807, 2.05) is 6.92 Å². The first-order chi connectivity index (χ1) is 8.52. The van der Waals surface area contributed by atoms with E-state index in [0.29, 0.717) is 0 Å². The minimum Gasteiger partial charge on any atom is -0.253 e. The number of fused-ring (bicyclic) bond motifs is 1. The van der Waals surface area contributed by atoms with Crippen molar-refractivity contribution in [3.05, 3.63) is 21.7 Å². The van der Waals surface area contributed by atoms with E-state index in [9.17, 15) is 0 Å². The Kier molecular flexibility index (Phi) is 4.02. The highest BCUT2D eigenvalue weighted by molar-refractivity contribution is 9.10. The topological polar surface area (TPSA) is 37.3 Å². The lowest BCUT2D eigenvalue weighted by atomic mass is 10.1. The van der Waals surface area contributed by atoms with E-state index in [-0.39, 0.29) is 0 Å². The Bertz CT molecular complexity index is 616. The molecule has 0 saturated carbocycles. The molecule has 1 aromatic heterocycles. The first-order valence-corrected chi connectivity index (χ1v) is 7.49. The van der Waals surface area contributed by atoms with Gasteiger partial charge in [0.15, 0.2) is 0 Å². The number of rotatable bonds is 3. The summed E-state index contributed by atoms with van der Waals surface area (Å²) in [7, 11) is 0. The fraction of sp³-hybridized carbons (Fsp3) is 0.385. The van der Waals surface area contributed by atoms with Crippen LogP contribution in [0.5, 0.6) is 0 Å². The third kappa shape index (κ3) is 2.57. The number of thiazole rings is 1. The zero-order chi connectivity index (χ0) is 13.3. The average molecular weight is 326 g/mol. The maximum atomic E-state index is 4.56. The Labute approximate surface area is 119 Å². The zero-order valence-corrected chi connectivity index (χ0v) is 13.4. The Hall–Kier alpha value is -0.940. The molecule has 1 N–H and O–H groups in total. The molecular formula is C13H16BrN3S. The van der Waals surface area contributed by atoms with Crippen molar-refractivity contribution in [3.63, 3.8) is 0 Å². The van der Waals surface area contributed by atoms with Crippen LogP contribution in [-0.4, -0.2) is 10.7 Å². The Balaban J connectivity index is 2.42. The van der Waals surface area contributed by atoms with Gasteiger partial charge in [-0.15, -0.1) is 0 Å². The quantitative estimate of drug-likeness (QED) is 0.645. The number of hydrogen-bond acceptors (Lipinski definition) is 4. The zero-order valence-electron chi connectivity index (χ0n) is 11.0. The van der Waals surface area contributed by atoms with E-state index >= 15 is 0 Å². The van der Waals surface area contributed by atoms with Crippen LogP contribution in [0.4, 0.5) is 5.13 Å². The standard InChI is InChI=1S/C13H16BrN3S/c1-5-8(3)16-17-13-15-10-6-7(2)11(14)9(4)12(10)18-13/h6H,5H2,1-4H3,(H,15,17)/b16-8-. The van der Waals surface area contributed by atoms with Gasteiger partial charge in [-0.25, -0.2) is 4.98 Å². The first kappa shape index (κ1) is 13.5. The summed E-state index contributed by atoms with van der Waals surface area (Å²) in [5.74, 6) is 0. The van der Waals surface area contributed by atoms with Crippen molar-refractivity contribution in [3.8, 4) is 0 Å². The van der Waals surface area contributed by atoms with Crippen molar-refractivity contribution in [2.75, 3.05) is 5.43 Å². The molecule has 2 aromatic rings. The fourth-order valence-electron chi connectivity index (χ4n) is 1.63. The summed E-state index contributed by atoms with van der Waals surface area (Å²) in [5, 5.41) is 5.13. The van der Waals surface area contributed by atoms with Gasteiger partial charge < -0.3 is 0 Å². The highest BCUT2D eigenvalue weighted by Crippen LogP contribution is 2.34. The van der Waals surface area contributed by atoms with Gasteiger partial charge in [0.25, 0.3) is 0 Å². The van der Waals surface area contributed by atoms with Crippen molar-refractivity contribution in [1.82, 2.24) is 4.98 Å². The highest BCUT2D eigenvalue weighted by atomic mass is 79.9. The Morgan fingerprint density at radius 3 is 2.89 bits per heavy atom. The highest BCUT2D eigenvalue weighted by Gasteiger charge is 2.10. The third-order valence-corrected chi connectivity index (χ3v) is 5.19. The van der Waals surface area contributed by atoms with Crippen LogP contribution in [0.25, 0.3) is 10.2 Å². The second kappa shape index (κ2) is 5.36. The molecule has 0 fully saturated rings. The fourth-order valence-corrected chi connectivity index (χ4v) is 2.97. The van der Waals surface area contributed by atoms with Gasteiger partial charge in [-0.2, -0.15) is 5.10 Å². The van der Waals surface area contributed by atoms with Gasteiger partial charge in [-0.3, -0.25) is 5.43 Å². The van der Waals surface area contributed by atoms with Crippen LogP contribution >= 0.6 is 27.3 Å². The lowest BCUT2D eigenvalue weighted by Gasteiger charge is -2.02. The van der Waals surface area contributed by atoms with Crippen LogP contribution in [0.3, 0.4) is 0 Å². The van der Waals surface area contributed by atoms with Crippen LogP contribution in [0.1, 0.15) is 31.4 Å². The second-order valence-corrected chi connectivity index (χ2v) is 6.10. The molecular weight excluding hydrogens is 310 g/mol. The van der Waals surface area contributed by atoms with Crippen LogP contribution in [0.15, 0.2) is 15.6 Å². The van der Waals surface area contributed by atoms with E-state index in [1.54, 1.807) is 11.3 Å². The number of aryl methyl sites for hydroxylation is 2. The van der Waals surface area contributed by atoms with Crippen molar-refractivity contribution in [2.24, 2.45) is 5.10 Å². The largest absolute Gasteiger partial charge is 0.253 e. The number of anilines is 1. The molecule has 1 heterocycles. The molecule has 1 aromatic carbocycles. The molecule has 0 aliphatic heterocycles. The molecule has 5 heteroatoms. The Morgan fingerprint density at radius 2 is 2.22 bits per heavy atom. The van der Waals surface area contributed by atoms with Crippen molar-refractivity contribution < 1.29 is 0 Å². The molecule has 0 radical (unpaired) electrons. The van der Waals surface area contributed by atoms with Gasteiger partial charge in [-0.05, 0) is 44.4 Å². The molecule has 0 unspecified atom stereocenters. The normalized spacial score (nSPS) is 12.2. The van der Waals surface area contributed by atoms with Crippen LogP contribution < -0.4 is 5.43 Å². The average Bonchev–Trinajstić information content (AvgIpc) is 2.76. The number of nitrogens with one attached hydrogen (secondary N) is 1. The number of hydrogen-bond donors (Lipinski definition) is 1. The summed E-state index contributed by atoms with van der Waals surface area (Å²) in [6, 6.07) is 2.10. The number of aromatic nitrogens is 1. The molecule has 96 valence electrons. The SMILES string of the molecule is CC/C(C)=N\Nc1nc2cc(C)c(Br)c(C)c2s1. The maximum Gasteiger partial charge on any atom is 0.204 e. The molecule has 0 atom stereocenters. The maximum absolute atomic E-state index is 4.56. The lowest BCUT2D eigenvalue weighted by Crippen LogP contribution is -1.94. The predicted molar refractivity (Wildman–Crippen MR) is 83.8 cm³/mol. The smallest absolute Gasteiger partial charge is 0.204 e. The summed E-state index contributed by atoms with van der Waals surface area (Å²) in [6.45, 7) is 8.29. The molecule has 3 nitrogen and oxygen atoms in total. The number of nitrogens with zero attached hydrogens (tertiary/aromatic N) is 2. The molecule has 0 aliphatic carbocycles. The van der Waals surface area contributed by atoms with E-state index in [0.717, 1.165) is 22.8 Å². The van der Waals surface area contributed by atoms with Crippen LogP contribution in [-0.2, 0) is 0 Å². The predicted octanol–water partition coefficient (Wildman–Crippen LogP) is 4.87. The first-order valence-electron chi connectivity index (χ1n) is 5.88. The number of benzene rings is 1. The van der Waals surface area contributed by atoms with Crippen molar-refractivity contribution in [2.45, 2.75) is 34.1 Å². The molecule has 0 bridgehead atoms. The summed E-state index contributed by atoms with van der Waals surface area (Å²) in [4.78, 5) is 4.56. The van der Waals surface area contributed by atoms with Crippen molar-refractivity contribution >= 4 is 48.3 Å². The van der Waals surface area contributed by atoms with E-state index in [2.05, 4.69) is 58.3 Å². The third-order valence-electron chi connectivity index (χ3n) is 2.88. The molecule has 0 amide bonds. The second-order valence-electron chi connectivity index (χ2n) is 4.31. The minimum absolute atomic E-state index is 0.846. The molecule has 2 rings (SSSR count). The van der Waals surface area contributed by atoms with Gasteiger partial charge in [0.05, 0.1) is 10.2 Å². The number of halogens is 1. The van der Waals surface area contributed by atoms with E-state index in [4.69, 9.17) is 0 Å². The van der Waals surface area contributed by atoms with E-state index < -0.39 is 0 Å². The number of hydrazone groups is 1. The molecule has 0 saturated heterocycles. The lowest BCUT2D eigenvalue weighted by molar-refractivity contribution is 1.20. The summed E-state index contributed by atoms with van der Waals surface area (Å²) >= 11 is 5.25. The van der Waals surface area contributed by atoms with Crippen LogP contribution in [0, 0.1) is 13.8 Å². The van der Waals surface area contributed by atoms with Gasteiger partial charge in [0.2, 0.25) is 5.13 Å². The van der Waals surface area contributed by atoms with Gasteiger partial charge in [0, 0.05) is 10.2 Å². The molecule has 0 spiro atoms. The molecule has 18 heavy (non-hydrogen) atoms. The summed E-state index contributed by atoms with van der Waals surface area (Å²) < 4.78 is 2.37. The monoisotopic (exact) mass is 325 g/mol. The van der Waals surface area contributed by atoms with Gasteiger partial charge >= 0.3 is 0 Å².